The van der Waals surface area contributed by atoms with Gasteiger partial charge in [0.2, 0.25) is 0 Å². The number of amides is 1. The van der Waals surface area contributed by atoms with Gasteiger partial charge in [0.1, 0.15) is 37.7 Å². The molecule has 2 aromatic carbocycles. The number of carbonyl (C=O) groups is 1. The van der Waals surface area contributed by atoms with Gasteiger partial charge in [-0.25, -0.2) is 4.79 Å². The number of fused-ring (bicyclic) bond motifs is 1. The molecule has 0 aliphatic carbocycles. The van der Waals surface area contributed by atoms with Gasteiger partial charge >= 0.3 is 6.09 Å². The first-order valence-electron chi connectivity index (χ1n) is 12.0. The number of piperidine rings is 1. The van der Waals surface area contributed by atoms with Gasteiger partial charge in [-0.1, -0.05) is 30.3 Å². The summed E-state index contributed by atoms with van der Waals surface area (Å²) in [5.74, 6) is 3.11. The number of hydrogen-bond donors (Lipinski definition) is 0. The molecule has 0 saturated carbocycles. The van der Waals surface area contributed by atoms with Gasteiger partial charge in [0.25, 0.3) is 0 Å². The van der Waals surface area contributed by atoms with E-state index >= 15 is 0 Å². The molecule has 2 aromatic rings. The van der Waals surface area contributed by atoms with E-state index in [0.717, 1.165) is 62.7 Å². The van der Waals surface area contributed by atoms with Crippen LogP contribution in [-0.2, 0) is 4.74 Å². The van der Waals surface area contributed by atoms with E-state index in [9.17, 15) is 4.79 Å². The van der Waals surface area contributed by atoms with Gasteiger partial charge in [-0.2, -0.15) is 0 Å². The summed E-state index contributed by atoms with van der Waals surface area (Å²) in [5.41, 5.74) is 0. The molecular weight excluding hydrogens is 420 g/mol. The predicted octanol–water partition coefficient (Wildman–Crippen LogP) is 3.83. The van der Waals surface area contributed by atoms with Gasteiger partial charge in [0.15, 0.2) is 11.5 Å². The first kappa shape index (κ1) is 21.9. The molecule has 7 nitrogen and oxygen atoms in total. The van der Waals surface area contributed by atoms with Crippen molar-refractivity contribution in [2.24, 2.45) is 5.92 Å². The van der Waals surface area contributed by atoms with Crippen LogP contribution in [-0.4, -0.2) is 74.0 Å². The molecule has 0 bridgehead atoms. The van der Waals surface area contributed by atoms with Crippen molar-refractivity contribution in [3.05, 3.63) is 54.6 Å². The van der Waals surface area contributed by atoms with Crippen LogP contribution in [0.25, 0.3) is 0 Å². The summed E-state index contributed by atoms with van der Waals surface area (Å²) in [6.07, 6.45) is 3.13. The molecule has 0 aromatic heterocycles. The second-order valence-electron chi connectivity index (χ2n) is 9.08. The molecule has 7 heteroatoms. The topological polar surface area (TPSA) is 60.5 Å². The molecule has 2 fully saturated rings. The number of ether oxygens (including phenoxy) is 4. The summed E-state index contributed by atoms with van der Waals surface area (Å²) >= 11 is 0. The Labute approximate surface area is 195 Å². The number of carbonyl (C=O) groups excluding carboxylic acids is 1. The lowest BCUT2D eigenvalue weighted by atomic mass is 9.93. The van der Waals surface area contributed by atoms with Gasteiger partial charge in [0, 0.05) is 13.1 Å². The SMILES string of the molecule is O=C1OCC(COc2ccccc2)N1CCC1CCN(C[C@H]2COc3ccccc3O2)CC1. The van der Waals surface area contributed by atoms with E-state index in [2.05, 4.69) is 4.90 Å². The minimum atomic E-state index is -0.219. The maximum absolute atomic E-state index is 12.2. The van der Waals surface area contributed by atoms with Crippen LogP contribution in [0.1, 0.15) is 19.3 Å². The molecule has 1 amide bonds. The van der Waals surface area contributed by atoms with Crippen molar-refractivity contribution in [2.75, 3.05) is 46.0 Å². The molecule has 0 N–H and O–H groups in total. The zero-order chi connectivity index (χ0) is 22.5. The fourth-order valence-electron chi connectivity index (χ4n) is 4.83. The van der Waals surface area contributed by atoms with Crippen molar-refractivity contribution in [1.82, 2.24) is 9.80 Å². The third kappa shape index (κ3) is 5.53. The number of likely N-dealkylation sites (tertiary alicyclic amines) is 1. The predicted molar refractivity (Wildman–Crippen MR) is 124 cm³/mol. The molecule has 3 aliphatic heterocycles. The number of nitrogens with zero attached hydrogens (tertiary/aromatic N) is 2. The highest BCUT2D eigenvalue weighted by Gasteiger charge is 2.34. The highest BCUT2D eigenvalue weighted by atomic mass is 16.6. The minimum Gasteiger partial charge on any atom is -0.491 e. The molecule has 1 unspecified atom stereocenters. The Balaban J connectivity index is 1.04. The summed E-state index contributed by atoms with van der Waals surface area (Å²) in [6.45, 7) is 5.17. The summed E-state index contributed by atoms with van der Waals surface area (Å²) in [4.78, 5) is 16.6. The lowest BCUT2D eigenvalue weighted by Gasteiger charge is -2.36. The van der Waals surface area contributed by atoms with E-state index in [1.165, 1.54) is 0 Å². The van der Waals surface area contributed by atoms with Crippen LogP contribution >= 0.6 is 0 Å². The third-order valence-electron chi connectivity index (χ3n) is 6.77. The Kier molecular flexibility index (Phi) is 6.86. The number of para-hydroxylation sites is 3. The quantitative estimate of drug-likeness (QED) is 0.607. The van der Waals surface area contributed by atoms with Crippen molar-refractivity contribution in [3.8, 4) is 17.2 Å². The second-order valence-corrected chi connectivity index (χ2v) is 9.08. The highest BCUT2D eigenvalue weighted by Crippen LogP contribution is 2.31. The minimum absolute atomic E-state index is 0.0240. The van der Waals surface area contributed by atoms with Crippen LogP contribution in [0.3, 0.4) is 0 Å². The fourth-order valence-corrected chi connectivity index (χ4v) is 4.83. The molecule has 2 saturated heterocycles. The van der Waals surface area contributed by atoms with E-state index in [0.29, 0.717) is 25.7 Å². The fraction of sp³-hybridized carbons (Fsp3) is 0.500. The van der Waals surface area contributed by atoms with Crippen molar-refractivity contribution in [1.29, 1.82) is 0 Å². The Hall–Kier alpha value is -2.93. The molecule has 3 aliphatic rings. The van der Waals surface area contributed by atoms with Gasteiger partial charge in [-0.05, 0) is 62.5 Å². The largest absolute Gasteiger partial charge is 0.491 e. The highest BCUT2D eigenvalue weighted by molar-refractivity contribution is 5.70. The molecule has 176 valence electrons. The molecule has 0 radical (unpaired) electrons. The molecular formula is C26H32N2O5. The van der Waals surface area contributed by atoms with Crippen LogP contribution < -0.4 is 14.2 Å². The summed E-state index contributed by atoms with van der Waals surface area (Å²) in [7, 11) is 0. The average molecular weight is 453 g/mol. The van der Waals surface area contributed by atoms with Gasteiger partial charge < -0.3 is 18.9 Å². The van der Waals surface area contributed by atoms with E-state index < -0.39 is 0 Å². The van der Waals surface area contributed by atoms with Crippen LogP contribution in [0.4, 0.5) is 4.79 Å². The molecule has 3 heterocycles. The smallest absolute Gasteiger partial charge is 0.410 e. The van der Waals surface area contributed by atoms with E-state index in [4.69, 9.17) is 18.9 Å². The van der Waals surface area contributed by atoms with Crippen molar-refractivity contribution in [2.45, 2.75) is 31.4 Å². The van der Waals surface area contributed by atoms with Gasteiger partial charge in [0.05, 0.1) is 0 Å². The average Bonchev–Trinajstić information content (AvgIpc) is 3.22. The van der Waals surface area contributed by atoms with Crippen molar-refractivity contribution >= 4 is 6.09 Å². The first-order chi connectivity index (χ1) is 16.2. The Morgan fingerprint density at radius 2 is 1.67 bits per heavy atom. The normalized spacial score (nSPS) is 23.4. The lowest BCUT2D eigenvalue weighted by molar-refractivity contribution is 0.0464. The second kappa shape index (κ2) is 10.3. The van der Waals surface area contributed by atoms with E-state index in [1.54, 1.807) is 0 Å². The third-order valence-corrected chi connectivity index (χ3v) is 6.77. The molecule has 5 rings (SSSR count). The molecule has 0 spiro atoms. The number of hydrogen-bond acceptors (Lipinski definition) is 6. The van der Waals surface area contributed by atoms with Crippen molar-refractivity contribution in [3.63, 3.8) is 0 Å². The first-order valence-corrected chi connectivity index (χ1v) is 12.0. The zero-order valence-corrected chi connectivity index (χ0v) is 18.9. The Bertz CT molecular complexity index is 916. The standard InChI is InChI=1S/C26H32N2O5/c29-26-28(21(18-32-26)17-30-22-6-2-1-3-7-22)15-12-20-10-13-27(14-11-20)16-23-19-31-24-8-4-5-9-25(24)33-23/h1-9,20-21,23H,10-19H2/t21?,23-/m0/s1. The van der Waals surface area contributed by atoms with Gasteiger partial charge in [-0.3, -0.25) is 9.80 Å². The number of rotatable bonds is 8. The number of benzene rings is 2. The Morgan fingerprint density at radius 1 is 0.909 bits per heavy atom. The molecule has 2 atom stereocenters. The van der Waals surface area contributed by atoms with E-state index in [1.807, 2.05) is 59.5 Å². The van der Waals surface area contributed by atoms with E-state index in [-0.39, 0.29) is 18.2 Å². The maximum Gasteiger partial charge on any atom is 0.410 e. The van der Waals surface area contributed by atoms with Crippen molar-refractivity contribution < 1.29 is 23.7 Å². The summed E-state index contributed by atoms with van der Waals surface area (Å²) in [6, 6.07) is 17.5. The molecule has 33 heavy (non-hydrogen) atoms. The summed E-state index contributed by atoms with van der Waals surface area (Å²) < 4.78 is 23.1. The van der Waals surface area contributed by atoms with Crippen LogP contribution in [0, 0.1) is 5.92 Å². The zero-order valence-electron chi connectivity index (χ0n) is 18.9. The monoisotopic (exact) mass is 452 g/mol. The lowest BCUT2D eigenvalue weighted by Crippen LogP contribution is -2.44. The Morgan fingerprint density at radius 3 is 2.48 bits per heavy atom. The van der Waals surface area contributed by atoms with Crippen LogP contribution in [0.2, 0.25) is 0 Å². The van der Waals surface area contributed by atoms with Gasteiger partial charge in [-0.15, -0.1) is 0 Å². The number of cyclic esters (lactones) is 1. The van der Waals surface area contributed by atoms with Crippen LogP contribution in [0.5, 0.6) is 17.2 Å². The maximum atomic E-state index is 12.2. The van der Waals surface area contributed by atoms with Crippen LogP contribution in [0.15, 0.2) is 54.6 Å². The summed E-state index contributed by atoms with van der Waals surface area (Å²) in [5, 5.41) is 0.